The predicted octanol–water partition coefficient (Wildman–Crippen LogP) is 5.53. The first kappa shape index (κ1) is 19.6. The molecule has 2 aromatic carbocycles. The number of allylic oxidation sites excluding steroid dienone is 1. The van der Waals surface area contributed by atoms with Crippen LogP contribution in [-0.2, 0) is 6.42 Å². The Hall–Kier alpha value is -2.66. The maximum Gasteiger partial charge on any atom is 0.321 e. The number of aryl methyl sites for hydroxylation is 1. The third kappa shape index (κ3) is 5.04. The number of carbonyl (C=O) groups excluding carboxylic acids is 1. The van der Waals surface area contributed by atoms with Crippen LogP contribution in [0.5, 0.6) is 5.75 Å². The van der Waals surface area contributed by atoms with Gasteiger partial charge in [0.25, 0.3) is 0 Å². The summed E-state index contributed by atoms with van der Waals surface area (Å²) in [6, 6.07) is 13.3. The fourth-order valence-electron chi connectivity index (χ4n) is 3.78. The van der Waals surface area contributed by atoms with Gasteiger partial charge in [-0.15, -0.1) is 0 Å². The van der Waals surface area contributed by atoms with E-state index in [1.54, 1.807) is 12.1 Å². The molecule has 2 aliphatic heterocycles. The second kappa shape index (κ2) is 8.78. The Morgan fingerprint density at radius 2 is 1.93 bits per heavy atom. The van der Waals surface area contributed by atoms with Crippen molar-refractivity contribution in [3.8, 4) is 5.75 Å². The number of hydrogen-bond acceptors (Lipinski definition) is 3. The Bertz CT molecular complexity index is 889. The maximum atomic E-state index is 12.4. The van der Waals surface area contributed by atoms with Gasteiger partial charge in [0.1, 0.15) is 5.75 Å². The van der Waals surface area contributed by atoms with Gasteiger partial charge < -0.3 is 20.3 Å². The van der Waals surface area contributed by atoms with Crippen LogP contribution >= 0.6 is 11.6 Å². The van der Waals surface area contributed by atoms with Gasteiger partial charge in [0.05, 0.1) is 6.61 Å². The average Bonchev–Trinajstić information content (AvgIpc) is 2.74. The number of urea groups is 1. The molecule has 0 unspecified atom stereocenters. The number of amides is 2. The summed E-state index contributed by atoms with van der Waals surface area (Å²) in [4.78, 5) is 14.3. The van der Waals surface area contributed by atoms with Gasteiger partial charge in [-0.3, -0.25) is 0 Å². The standard InChI is InChI=1S/C23H26ClN3O2/c1-16-2-3-18-14-21(8-9-22(18)25-16)29-15-17-10-12-27(13-11-17)23(28)26-20-6-4-19(24)5-7-20/h4-9,14,17,25H,1-3,10-13,15H2,(H,26,28). The second-order valence-electron chi connectivity index (χ2n) is 7.73. The molecule has 1 fully saturated rings. The van der Waals surface area contributed by atoms with Crippen molar-refractivity contribution < 1.29 is 9.53 Å². The Morgan fingerprint density at radius 3 is 2.69 bits per heavy atom. The zero-order valence-corrected chi connectivity index (χ0v) is 17.2. The molecule has 0 aliphatic carbocycles. The summed E-state index contributed by atoms with van der Waals surface area (Å²) in [6.45, 7) is 6.16. The molecule has 0 spiro atoms. The molecule has 5 nitrogen and oxygen atoms in total. The molecular formula is C23H26ClN3O2. The van der Waals surface area contributed by atoms with Gasteiger partial charge in [-0.1, -0.05) is 18.2 Å². The minimum Gasteiger partial charge on any atom is -0.493 e. The number of rotatable bonds is 4. The third-order valence-electron chi connectivity index (χ3n) is 5.57. The van der Waals surface area contributed by atoms with Gasteiger partial charge in [0.15, 0.2) is 0 Å². The third-order valence-corrected chi connectivity index (χ3v) is 5.82. The second-order valence-corrected chi connectivity index (χ2v) is 8.16. The minimum absolute atomic E-state index is 0.0598. The number of anilines is 2. The van der Waals surface area contributed by atoms with E-state index in [0.29, 0.717) is 17.5 Å². The van der Waals surface area contributed by atoms with E-state index in [1.165, 1.54) is 5.56 Å². The minimum atomic E-state index is -0.0598. The highest BCUT2D eigenvalue weighted by atomic mass is 35.5. The lowest BCUT2D eigenvalue weighted by Crippen LogP contribution is -2.42. The summed E-state index contributed by atoms with van der Waals surface area (Å²) >= 11 is 5.89. The fourth-order valence-corrected chi connectivity index (χ4v) is 3.91. The monoisotopic (exact) mass is 411 g/mol. The molecule has 0 aromatic heterocycles. The Balaban J connectivity index is 1.23. The summed E-state index contributed by atoms with van der Waals surface area (Å²) in [7, 11) is 0. The van der Waals surface area contributed by atoms with Crippen LogP contribution in [0.15, 0.2) is 54.7 Å². The van der Waals surface area contributed by atoms with Gasteiger partial charge in [-0.2, -0.15) is 0 Å². The largest absolute Gasteiger partial charge is 0.493 e. The SMILES string of the molecule is C=C1CCc2cc(OCC3CCN(C(=O)Nc4ccc(Cl)cc4)CC3)ccc2N1. The molecule has 1 saturated heterocycles. The molecule has 2 N–H and O–H groups in total. The van der Waals surface area contributed by atoms with Crippen molar-refractivity contribution in [1.82, 2.24) is 4.90 Å². The zero-order valence-electron chi connectivity index (χ0n) is 16.4. The van der Waals surface area contributed by atoms with Crippen LogP contribution < -0.4 is 15.4 Å². The van der Waals surface area contributed by atoms with E-state index in [1.807, 2.05) is 23.1 Å². The predicted molar refractivity (Wildman–Crippen MR) is 118 cm³/mol. The summed E-state index contributed by atoms with van der Waals surface area (Å²) in [5.74, 6) is 1.38. The van der Waals surface area contributed by atoms with Gasteiger partial charge in [-0.05, 0) is 79.6 Å². The van der Waals surface area contributed by atoms with Crippen LogP contribution in [0, 0.1) is 5.92 Å². The van der Waals surface area contributed by atoms with Crippen molar-refractivity contribution >= 4 is 29.0 Å². The number of nitrogens with one attached hydrogen (secondary N) is 2. The Kier molecular flexibility index (Phi) is 5.95. The van der Waals surface area contributed by atoms with Crippen molar-refractivity contribution in [3.63, 3.8) is 0 Å². The number of nitrogens with zero attached hydrogens (tertiary/aromatic N) is 1. The molecule has 6 heteroatoms. The molecule has 0 atom stereocenters. The quantitative estimate of drug-likeness (QED) is 0.694. The van der Waals surface area contributed by atoms with Gasteiger partial charge in [0, 0.05) is 35.2 Å². The van der Waals surface area contributed by atoms with Crippen LogP contribution in [0.4, 0.5) is 16.2 Å². The molecule has 29 heavy (non-hydrogen) atoms. The van der Waals surface area contributed by atoms with Crippen molar-refractivity contribution in [3.05, 3.63) is 65.3 Å². The first-order valence-corrected chi connectivity index (χ1v) is 10.5. The smallest absolute Gasteiger partial charge is 0.321 e. The number of likely N-dealkylation sites (tertiary alicyclic amines) is 1. The van der Waals surface area contributed by atoms with E-state index < -0.39 is 0 Å². The van der Waals surface area contributed by atoms with Crippen LogP contribution in [0.25, 0.3) is 0 Å². The molecule has 4 rings (SSSR count). The van der Waals surface area contributed by atoms with E-state index >= 15 is 0 Å². The maximum absolute atomic E-state index is 12.4. The molecule has 2 aromatic rings. The number of ether oxygens (including phenoxy) is 1. The molecule has 2 amide bonds. The number of benzene rings is 2. The topological polar surface area (TPSA) is 53.6 Å². The Labute approximate surface area is 176 Å². The first-order chi connectivity index (χ1) is 14.1. The molecule has 0 bridgehead atoms. The van der Waals surface area contributed by atoms with Gasteiger partial charge in [0.2, 0.25) is 0 Å². The summed E-state index contributed by atoms with van der Waals surface area (Å²) in [6.07, 6.45) is 3.85. The van der Waals surface area contributed by atoms with E-state index in [-0.39, 0.29) is 6.03 Å². The van der Waals surface area contributed by atoms with Crippen molar-refractivity contribution in [1.29, 1.82) is 0 Å². The van der Waals surface area contributed by atoms with Crippen LogP contribution in [0.2, 0.25) is 5.02 Å². The van der Waals surface area contributed by atoms with Crippen LogP contribution in [-0.4, -0.2) is 30.6 Å². The van der Waals surface area contributed by atoms with E-state index in [2.05, 4.69) is 29.3 Å². The molecule has 2 heterocycles. The summed E-state index contributed by atoms with van der Waals surface area (Å²) in [5.41, 5.74) is 4.24. The number of fused-ring (bicyclic) bond motifs is 1. The van der Waals surface area contributed by atoms with Crippen LogP contribution in [0.1, 0.15) is 24.8 Å². The molecular weight excluding hydrogens is 386 g/mol. The highest BCUT2D eigenvalue weighted by Gasteiger charge is 2.23. The van der Waals surface area contributed by atoms with E-state index in [9.17, 15) is 4.79 Å². The van der Waals surface area contributed by atoms with Crippen LogP contribution in [0.3, 0.4) is 0 Å². The molecule has 0 saturated carbocycles. The molecule has 0 radical (unpaired) electrons. The number of carbonyl (C=O) groups is 1. The normalized spacial score (nSPS) is 16.7. The highest BCUT2D eigenvalue weighted by molar-refractivity contribution is 6.30. The number of hydrogen-bond donors (Lipinski definition) is 2. The highest BCUT2D eigenvalue weighted by Crippen LogP contribution is 2.30. The number of piperidine rings is 1. The zero-order chi connectivity index (χ0) is 20.2. The lowest BCUT2D eigenvalue weighted by atomic mass is 9.98. The van der Waals surface area contributed by atoms with Crippen molar-refractivity contribution in [2.45, 2.75) is 25.7 Å². The lowest BCUT2D eigenvalue weighted by molar-refractivity contribution is 0.152. The van der Waals surface area contributed by atoms with Gasteiger partial charge >= 0.3 is 6.03 Å². The fraction of sp³-hybridized carbons (Fsp3) is 0.348. The Morgan fingerprint density at radius 1 is 1.17 bits per heavy atom. The average molecular weight is 412 g/mol. The van der Waals surface area contributed by atoms with Crippen molar-refractivity contribution in [2.24, 2.45) is 5.92 Å². The molecule has 2 aliphatic rings. The van der Waals surface area contributed by atoms with E-state index in [4.69, 9.17) is 16.3 Å². The summed E-state index contributed by atoms with van der Waals surface area (Å²) < 4.78 is 6.06. The van der Waals surface area contributed by atoms with Gasteiger partial charge in [-0.25, -0.2) is 4.79 Å². The molecule has 152 valence electrons. The van der Waals surface area contributed by atoms with E-state index in [0.717, 1.165) is 61.6 Å². The number of halogens is 1. The summed E-state index contributed by atoms with van der Waals surface area (Å²) in [5, 5.41) is 6.91. The first-order valence-electron chi connectivity index (χ1n) is 10.1. The lowest BCUT2D eigenvalue weighted by Gasteiger charge is -2.32. The van der Waals surface area contributed by atoms with Crippen molar-refractivity contribution in [2.75, 3.05) is 30.3 Å².